The van der Waals surface area contributed by atoms with Crippen LogP contribution >= 0.6 is 0 Å². The summed E-state index contributed by atoms with van der Waals surface area (Å²) in [5, 5.41) is 2.93. The van der Waals surface area contributed by atoms with Gasteiger partial charge >= 0.3 is 0 Å². The van der Waals surface area contributed by atoms with E-state index in [1.54, 1.807) is 6.26 Å². The number of imidazole rings is 1. The minimum Gasteiger partial charge on any atom is -0.469 e. The van der Waals surface area contributed by atoms with Gasteiger partial charge in [-0.1, -0.05) is 13.8 Å². The van der Waals surface area contributed by atoms with Gasteiger partial charge in [0, 0.05) is 25.1 Å². The van der Waals surface area contributed by atoms with Crippen molar-refractivity contribution in [3.8, 4) is 0 Å². The Morgan fingerprint density at radius 1 is 1.40 bits per heavy atom. The first-order chi connectivity index (χ1) is 9.53. The van der Waals surface area contributed by atoms with E-state index in [2.05, 4.69) is 29.1 Å². The van der Waals surface area contributed by atoms with Gasteiger partial charge in [-0.15, -0.1) is 0 Å². The van der Waals surface area contributed by atoms with Crippen molar-refractivity contribution in [2.45, 2.75) is 33.1 Å². The second-order valence-electron chi connectivity index (χ2n) is 6.11. The van der Waals surface area contributed by atoms with Crippen molar-refractivity contribution < 1.29 is 9.21 Å². The number of nitrogens with zero attached hydrogens (tertiary/aromatic N) is 1. The molecular formula is C15H19N3O2. The molecule has 5 nitrogen and oxygen atoms in total. The normalized spacial score (nSPS) is 17.4. The number of carbonyl (C=O) groups is 1. The first-order valence-electron chi connectivity index (χ1n) is 6.92. The Labute approximate surface area is 117 Å². The molecule has 5 heteroatoms. The number of fused-ring (bicyclic) bond motifs is 1. The van der Waals surface area contributed by atoms with E-state index >= 15 is 0 Å². The summed E-state index contributed by atoms with van der Waals surface area (Å²) in [6, 6.07) is 3.83. The Morgan fingerprint density at radius 2 is 2.25 bits per heavy atom. The molecule has 1 aliphatic heterocycles. The van der Waals surface area contributed by atoms with Gasteiger partial charge in [0.05, 0.1) is 6.26 Å². The largest absolute Gasteiger partial charge is 0.469 e. The van der Waals surface area contributed by atoms with Crippen molar-refractivity contribution in [2.75, 3.05) is 6.54 Å². The van der Waals surface area contributed by atoms with Crippen LogP contribution in [-0.4, -0.2) is 22.4 Å². The highest BCUT2D eigenvalue weighted by Gasteiger charge is 2.29. The molecule has 0 saturated carbocycles. The number of hydrogen-bond donors (Lipinski definition) is 2. The van der Waals surface area contributed by atoms with E-state index in [0.717, 1.165) is 36.5 Å². The highest BCUT2D eigenvalue weighted by molar-refractivity contribution is 5.93. The summed E-state index contributed by atoms with van der Waals surface area (Å²) in [7, 11) is 0. The molecule has 2 aromatic heterocycles. The second kappa shape index (κ2) is 4.81. The number of amides is 1. The lowest BCUT2D eigenvalue weighted by Gasteiger charge is -2.21. The number of nitrogens with one attached hydrogen (secondary N) is 2. The summed E-state index contributed by atoms with van der Waals surface area (Å²) in [6.45, 7) is 4.97. The van der Waals surface area contributed by atoms with Crippen LogP contribution in [0.3, 0.4) is 0 Å². The van der Waals surface area contributed by atoms with Crippen LogP contribution in [0, 0.1) is 5.41 Å². The predicted molar refractivity (Wildman–Crippen MR) is 74.5 cm³/mol. The number of furan rings is 1. The molecule has 0 bridgehead atoms. The van der Waals surface area contributed by atoms with Crippen LogP contribution in [0.2, 0.25) is 0 Å². The third-order valence-corrected chi connectivity index (χ3v) is 3.61. The highest BCUT2D eigenvalue weighted by Crippen LogP contribution is 2.25. The molecular weight excluding hydrogens is 254 g/mol. The first-order valence-corrected chi connectivity index (χ1v) is 6.92. The summed E-state index contributed by atoms with van der Waals surface area (Å²) in [5.41, 5.74) is 1.54. The quantitative estimate of drug-likeness (QED) is 0.899. The van der Waals surface area contributed by atoms with E-state index in [1.165, 1.54) is 0 Å². The molecule has 0 spiro atoms. The number of hydrogen-bond acceptors (Lipinski definition) is 3. The molecule has 106 valence electrons. The summed E-state index contributed by atoms with van der Waals surface area (Å²) in [6.07, 6.45) is 4.02. The number of aromatic amines is 1. The number of H-pyrrole nitrogens is 1. The topological polar surface area (TPSA) is 70.9 Å². The molecule has 0 fully saturated rings. The zero-order valence-electron chi connectivity index (χ0n) is 11.8. The Balaban J connectivity index is 1.79. The maximum Gasteiger partial charge on any atom is 0.271 e. The lowest BCUT2D eigenvalue weighted by molar-refractivity contribution is 0.0940. The molecule has 2 aromatic rings. The molecule has 1 amide bonds. The van der Waals surface area contributed by atoms with E-state index in [9.17, 15) is 4.79 Å². The van der Waals surface area contributed by atoms with Gasteiger partial charge in [0.1, 0.15) is 17.3 Å². The zero-order chi connectivity index (χ0) is 14.2. The van der Waals surface area contributed by atoms with E-state index in [-0.39, 0.29) is 11.3 Å². The summed E-state index contributed by atoms with van der Waals surface area (Å²) >= 11 is 0. The fourth-order valence-electron chi connectivity index (χ4n) is 2.54. The van der Waals surface area contributed by atoms with Gasteiger partial charge in [-0.05, 0) is 24.0 Å². The third-order valence-electron chi connectivity index (χ3n) is 3.61. The fourth-order valence-corrected chi connectivity index (χ4v) is 2.54. The standard InChI is InChI=1S/C15H19N3O2/c1-15(2)8-11-13(14(19)16-9-15)18-12(17-11)6-5-10-4-3-7-20-10/h3-4,7H,5-6,8-9H2,1-2H3,(H,16,19)(H,17,18). The van der Waals surface area contributed by atoms with Crippen LogP contribution in [-0.2, 0) is 19.3 Å². The number of rotatable bonds is 3. The molecule has 3 heterocycles. The minimum atomic E-state index is -0.0777. The minimum absolute atomic E-state index is 0.0473. The summed E-state index contributed by atoms with van der Waals surface area (Å²) in [5.74, 6) is 1.70. The van der Waals surface area contributed by atoms with Crippen molar-refractivity contribution in [2.24, 2.45) is 5.41 Å². The Morgan fingerprint density at radius 3 is 3.00 bits per heavy atom. The molecule has 0 unspecified atom stereocenters. The number of carbonyl (C=O) groups excluding carboxylic acids is 1. The van der Waals surface area contributed by atoms with Crippen LogP contribution in [0.1, 0.15) is 41.6 Å². The van der Waals surface area contributed by atoms with E-state index in [4.69, 9.17) is 4.42 Å². The van der Waals surface area contributed by atoms with Gasteiger partial charge in [0.25, 0.3) is 5.91 Å². The lowest BCUT2D eigenvalue weighted by atomic mass is 9.88. The maximum absolute atomic E-state index is 12.0. The molecule has 0 saturated heterocycles. The third kappa shape index (κ3) is 2.61. The maximum atomic E-state index is 12.0. The second-order valence-corrected chi connectivity index (χ2v) is 6.11. The first kappa shape index (κ1) is 13.0. The number of aryl methyl sites for hydroxylation is 2. The predicted octanol–water partition coefficient (Wildman–Crippen LogP) is 2.10. The van der Waals surface area contributed by atoms with Crippen LogP contribution in [0.15, 0.2) is 22.8 Å². The van der Waals surface area contributed by atoms with Gasteiger partial charge in [0.2, 0.25) is 0 Å². The van der Waals surface area contributed by atoms with Crippen molar-refractivity contribution in [1.29, 1.82) is 0 Å². The molecule has 0 radical (unpaired) electrons. The Hall–Kier alpha value is -2.04. The van der Waals surface area contributed by atoms with Crippen LogP contribution < -0.4 is 5.32 Å². The highest BCUT2D eigenvalue weighted by atomic mass is 16.3. The summed E-state index contributed by atoms with van der Waals surface area (Å²) < 4.78 is 5.31. The van der Waals surface area contributed by atoms with Crippen LogP contribution in [0.5, 0.6) is 0 Å². The van der Waals surface area contributed by atoms with Gasteiger partial charge in [0.15, 0.2) is 0 Å². The lowest BCUT2D eigenvalue weighted by Crippen LogP contribution is -2.32. The Kier molecular flexibility index (Phi) is 3.12. The monoisotopic (exact) mass is 273 g/mol. The van der Waals surface area contributed by atoms with Crippen molar-refractivity contribution in [3.63, 3.8) is 0 Å². The van der Waals surface area contributed by atoms with E-state index in [1.807, 2.05) is 12.1 Å². The molecule has 20 heavy (non-hydrogen) atoms. The van der Waals surface area contributed by atoms with Crippen molar-refractivity contribution in [3.05, 3.63) is 41.4 Å². The molecule has 0 atom stereocenters. The molecule has 1 aliphatic rings. The van der Waals surface area contributed by atoms with Crippen LogP contribution in [0.25, 0.3) is 0 Å². The van der Waals surface area contributed by atoms with Crippen molar-refractivity contribution in [1.82, 2.24) is 15.3 Å². The average molecular weight is 273 g/mol. The number of aromatic nitrogens is 2. The summed E-state index contributed by atoms with van der Waals surface area (Å²) in [4.78, 5) is 19.8. The van der Waals surface area contributed by atoms with E-state index in [0.29, 0.717) is 12.2 Å². The smallest absolute Gasteiger partial charge is 0.271 e. The van der Waals surface area contributed by atoms with Gasteiger partial charge in [-0.3, -0.25) is 4.79 Å². The Bertz CT molecular complexity index is 611. The molecule has 2 N–H and O–H groups in total. The van der Waals surface area contributed by atoms with Crippen LogP contribution in [0.4, 0.5) is 0 Å². The fraction of sp³-hybridized carbons (Fsp3) is 0.467. The van der Waals surface area contributed by atoms with Gasteiger partial charge in [-0.2, -0.15) is 0 Å². The average Bonchev–Trinajstić information content (AvgIpc) is 3.00. The van der Waals surface area contributed by atoms with Gasteiger partial charge in [-0.25, -0.2) is 4.98 Å². The van der Waals surface area contributed by atoms with Gasteiger partial charge < -0.3 is 14.7 Å². The molecule has 0 aliphatic carbocycles. The molecule has 0 aromatic carbocycles. The SMILES string of the molecule is CC1(C)CNC(=O)c2nc(CCc3ccco3)[nH]c2C1. The van der Waals surface area contributed by atoms with Crippen molar-refractivity contribution >= 4 is 5.91 Å². The molecule has 3 rings (SSSR count). The van der Waals surface area contributed by atoms with E-state index < -0.39 is 0 Å². The zero-order valence-corrected chi connectivity index (χ0v) is 11.8.